The van der Waals surface area contributed by atoms with E-state index in [1.165, 1.54) is 0 Å². The van der Waals surface area contributed by atoms with E-state index in [2.05, 4.69) is 30.6 Å². The number of likely N-dealkylation sites (tertiary alicyclic amines) is 1. The zero-order chi connectivity index (χ0) is 17.3. The van der Waals surface area contributed by atoms with Crippen LogP contribution in [0.25, 0.3) is 0 Å². The minimum absolute atomic E-state index is 0.0376. The average Bonchev–Trinajstić information content (AvgIpc) is 2.75. The molecule has 134 valence electrons. The van der Waals surface area contributed by atoms with Gasteiger partial charge in [-0.2, -0.15) is 0 Å². The molecule has 0 spiro atoms. The van der Waals surface area contributed by atoms with Gasteiger partial charge in [-0.25, -0.2) is 8.42 Å². The van der Waals surface area contributed by atoms with Crippen molar-refractivity contribution in [2.75, 3.05) is 51.6 Å². The lowest BCUT2D eigenvalue weighted by Crippen LogP contribution is -2.58. The predicted molar refractivity (Wildman–Crippen MR) is 92.1 cm³/mol. The van der Waals surface area contributed by atoms with Crippen LogP contribution in [-0.2, 0) is 13.8 Å². The van der Waals surface area contributed by atoms with Crippen molar-refractivity contribution in [2.24, 2.45) is 5.92 Å². The Balaban J connectivity index is 1.91. The summed E-state index contributed by atoms with van der Waals surface area (Å²) in [5, 5.41) is 0. The minimum Gasteiger partial charge on any atom is -0.341 e. The number of nitrogens with zero attached hydrogens (tertiary/aromatic N) is 3. The molecule has 0 N–H and O–H groups in total. The number of halogens is 1. The van der Waals surface area contributed by atoms with Gasteiger partial charge in [0.25, 0.3) is 0 Å². The van der Waals surface area contributed by atoms with Crippen LogP contribution in [0.4, 0.5) is 0 Å². The smallest absolute Gasteiger partial charge is 0.232 e. The van der Waals surface area contributed by atoms with Crippen LogP contribution in [0.3, 0.4) is 0 Å². The molecule has 2 aliphatic rings. The largest absolute Gasteiger partial charge is 0.341 e. The maximum absolute atomic E-state index is 12.2. The third kappa shape index (κ3) is 5.31. The lowest BCUT2D eigenvalue weighted by atomic mass is 10.0. The van der Waals surface area contributed by atoms with Crippen LogP contribution in [0.5, 0.6) is 0 Å². The van der Waals surface area contributed by atoms with Gasteiger partial charge in [-0.3, -0.25) is 9.69 Å². The summed E-state index contributed by atoms with van der Waals surface area (Å²) >= 11 is 0. The molecule has 0 radical (unpaired) electrons. The topological polar surface area (TPSA) is 60.9 Å². The number of hydrogen-bond donors (Lipinski definition) is 0. The van der Waals surface area contributed by atoms with Gasteiger partial charge in [0.2, 0.25) is 15.0 Å². The molecule has 0 aliphatic carbocycles. The third-order valence-electron chi connectivity index (χ3n) is 4.98. The van der Waals surface area contributed by atoms with E-state index < -0.39 is 9.05 Å². The van der Waals surface area contributed by atoms with Crippen molar-refractivity contribution in [1.29, 1.82) is 0 Å². The van der Waals surface area contributed by atoms with Gasteiger partial charge in [-0.05, 0) is 20.4 Å². The maximum Gasteiger partial charge on any atom is 0.232 e. The molecule has 2 saturated heterocycles. The molecule has 0 aromatic carbocycles. The molecule has 0 aromatic rings. The van der Waals surface area contributed by atoms with Crippen LogP contribution in [0, 0.1) is 5.92 Å². The van der Waals surface area contributed by atoms with Gasteiger partial charge in [0, 0.05) is 67.8 Å². The zero-order valence-corrected chi connectivity index (χ0v) is 15.9. The second-order valence-electron chi connectivity index (χ2n) is 7.28. The number of amides is 1. The highest BCUT2D eigenvalue weighted by Crippen LogP contribution is 2.25. The van der Waals surface area contributed by atoms with E-state index in [1.807, 2.05) is 0 Å². The predicted octanol–water partition coefficient (Wildman–Crippen LogP) is 0.820. The Morgan fingerprint density at radius 2 is 1.83 bits per heavy atom. The van der Waals surface area contributed by atoms with Crippen molar-refractivity contribution >= 4 is 25.6 Å². The normalized spacial score (nSPS) is 25.3. The molecule has 6 nitrogen and oxygen atoms in total. The highest BCUT2D eigenvalue weighted by molar-refractivity contribution is 8.13. The molecule has 2 rings (SSSR count). The van der Waals surface area contributed by atoms with Gasteiger partial charge in [0.15, 0.2) is 0 Å². The second-order valence-corrected chi connectivity index (χ2v) is 10.1. The highest BCUT2D eigenvalue weighted by Gasteiger charge is 2.38. The van der Waals surface area contributed by atoms with Gasteiger partial charge in [-0.1, -0.05) is 6.92 Å². The third-order valence-corrected chi connectivity index (χ3v) is 6.23. The number of rotatable bonds is 6. The summed E-state index contributed by atoms with van der Waals surface area (Å²) in [4.78, 5) is 18.8. The molecule has 1 amide bonds. The summed E-state index contributed by atoms with van der Waals surface area (Å²) in [5.41, 5.74) is -0.107. The van der Waals surface area contributed by atoms with Crippen LogP contribution in [0.2, 0.25) is 0 Å². The molecule has 1 unspecified atom stereocenters. The van der Waals surface area contributed by atoms with E-state index in [0.29, 0.717) is 13.1 Å². The van der Waals surface area contributed by atoms with Crippen molar-refractivity contribution in [2.45, 2.75) is 32.7 Å². The fraction of sp³-hybridized carbons (Fsp3) is 0.933. The Hall–Kier alpha value is -0.370. The fourth-order valence-corrected chi connectivity index (χ4v) is 4.96. The molecule has 2 fully saturated rings. The Kier molecular flexibility index (Phi) is 5.98. The van der Waals surface area contributed by atoms with E-state index >= 15 is 0 Å². The molecule has 0 saturated carbocycles. The highest BCUT2D eigenvalue weighted by atomic mass is 35.7. The number of piperazine rings is 1. The summed E-state index contributed by atoms with van der Waals surface area (Å²) in [7, 11) is 1.77. The van der Waals surface area contributed by atoms with Crippen molar-refractivity contribution in [3.63, 3.8) is 0 Å². The summed E-state index contributed by atoms with van der Waals surface area (Å²) in [6, 6.07) is 0. The molecule has 1 atom stereocenters. The van der Waals surface area contributed by atoms with Gasteiger partial charge in [-0.15, -0.1) is 0 Å². The molecule has 23 heavy (non-hydrogen) atoms. The van der Waals surface area contributed by atoms with E-state index in [9.17, 15) is 13.2 Å². The van der Waals surface area contributed by atoms with Crippen LogP contribution >= 0.6 is 10.7 Å². The average molecular weight is 366 g/mol. The molecular weight excluding hydrogens is 338 g/mol. The van der Waals surface area contributed by atoms with Crippen molar-refractivity contribution in [1.82, 2.24) is 14.7 Å². The van der Waals surface area contributed by atoms with E-state index in [4.69, 9.17) is 10.7 Å². The van der Waals surface area contributed by atoms with Crippen molar-refractivity contribution in [3.8, 4) is 0 Å². The molecule has 2 heterocycles. The standard InChI is InChI=1S/C15H28ClN3O3S/c1-4-17-5-7-19(8-6-17)15(2,3)12-18-10-13(9-14(18)20)11-23(16,21)22/h13H,4-12H2,1-3H3. The fourth-order valence-electron chi connectivity index (χ4n) is 3.64. The maximum atomic E-state index is 12.2. The summed E-state index contributed by atoms with van der Waals surface area (Å²) in [6.45, 7) is 12.8. The molecule has 0 aromatic heterocycles. The molecule has 8 heteroatoms. The van der Waals surface area contributed by atoms with E-state index in [0.717, 1.165) is 32.7 Å². The van der Waals surface area contributed by atoms with E-state index in [1.54, 1.807) is 4.90 Å². The Morgan fingerprint density at radius 3 is 2.35 bits per heavy atom. The first-order chi connectivity index (χ1) is 10.6. The zero-order valence-electron chi connectivity index (χ0n) is 14.3. The second kappa shape index (κ2) is 7.25. The quantitative estimate of drug-likeness (QED) is 0.652. The number of carbonyl (C=O) groups is 1. The first kappa shape index (κ1) is 19.0. The molecule has 0 bridgehead atoms. The van der Waals surface area contributed by atoms with Crippen molar-refractivity contribution in [3.05, 3.63) is 0 Å². The lowest BCUT2D eigenvalue weighted by Gasteiger charge is -2.45. The van der Waals surface area contributed by atoms with Gasteiger partial charge >= 0.3 is 0 Å². The van der Waals surface area contributed by atoms with Crippen LogP contribution in [0.15, 0.2) is 0 Å². The number of hydrogen-bond acceptors (Lipinski definition) is 5. The van der Waals surface area contributed by atoms with E-state index in [-0.39, 0.29) is 29.5 Å². The van der Waals surface area contributed by atoms with Crippen molar-refractivity contribution < 1.29 is 13.2 Å². The Labute approximate surface area is 144 Å². The Bertz CT molecular complexity index is 530. The van der Waals surface area contributed by atoms with Gasteiger partial charge in [0.1, 0.15) is 0 Å². The number of likely N-dealkylation sites (N-methyl/N-ethyl adjacent to an activating group) is 1. The van der Waals surface area contributed by atoms with Gasteiger partial charge < -0.3 is 9.80 Å². The lowest BCUT2D eigenvalue weighted by molar-refractivity contribution is -0.129. The van der Waals surface area contributed by atoms with Gasteiger partial charge in [0.05, 0.1) is 5.75 Å². The monoisotopic (exact) mass is 365 g/mol. The summed E-state index contributed by atoms with van der Waals surface area (Å²) in [6.07, 6.45) is 0.283. The summed E-state index contributed by atoms with van der Waals surface area (Å²) in [5.74, 6) is -0.264. The molecule has 2 aliphatic heterocycles. The molecular formula is C15H28ClN3O3S. The first-order valence-corrected chi connectivity index (χ1v) is 10.8. The SMILES string of the molecule is CCN1CCN(C(C)(C)CN2CC(CS(=O)(=O)Cl)CC2=O)CC1. The number of carbonyl (C=O) groups excluding carboxylic acids is 1. The Morgan fingerprint density at radius 1 is 1.22 bits per heavy atom. The van der Waals surface area contributed by atoms with Crippen LogP contribution in [0.1, 0.15) is 27.2 Å². The van der Waals surface area contributed by atoms with Crippen LogP contribution < -0.4 is 0 Å². The minimum atomic E-state index is -3.55. The van der Waals surface area contributed by atoms with Crippen LogP contribution in [-0.4, -0.2) is 86.1 Å². The first-order valence-electron chi connectivity index (χ1n) is 8.28. The summed E-state index contributed by atoms with van der Waals surface area (Å²) < 4.78 is 22.4.